The van der Waals surface area contributed by atoms with Gasteiger partial charge in [-0.1, -0.05) is 12.8 Å². The quantitative estimate of drug-likeness (QED) is 0.846. The van der Waals surface area contributed by atoms with Crippen molar-refractivity contribution in [1.82, 2.24) is 15.1 Å². The Morgan fingerprint density at radius 1 is 0.850 bits per heavy atom. The average Bonchev–Trinajstić information content (AvgIpc) is 3.22. The predicted octanol–water partition coefficient (Wildman–Crippen LogP) is 2.42. The van der Waals surface area contributed by atoms with Crippen molar-refractivity contribution >= 4 is 5.82 Å². The number of piperazine rings is 1. The molecule has 0 amide bonds. The third kappa shape index (κ3) is 2.53. The topological polar surface area (TPSA) is 32.3 Å². The fourth-order valence-electron chi connectivity index (χ4n) is 3.69. The first-order valence-corrected chi connectivity index (χ1v) is 8.23. The largest absolute Gasteiger partial charge is 0.353 e. The SMILES string of the molecule is c1cc(N2CCN(C3CCCC3)CC2)nnc1C1CC1. The zero-order chi connectivity index (χ0) is 13.4. The van der Waals surface area contributed by atoms with E-state index in [1.807, 2.05) is 0 Å². The normalized spacial score (nSPS) is 25.3. The highest BCUT2D eigenvalue weighted by Crippen LogP contribution is 2.38. The molecule has 4 rings (SSSR count). The summed E-state index contributed by atoms with van der Waals surface area (Å²) in [6, 6.07) is 5.22. The summed E-state index contributed by atoms with van der Waals surface area (Å²) in [7, 11) is 0. The highest BCUT2D eigenvalue weighted by Gasteiger charge is 2.28. The van der Waals surface area contributed by atoms with Gasteiger partial charge in [-0.3, -0.25) is 4.90 Å². The lowest BCUT2D eigenvalue weighted by Gasteiger charge is -2.38. The van der Waals surface area contributed by atoms with Crippen LogP contribution in [-0.4, -0.2) is 47.3 Å². The Morgan fingerprint density at radius 2 is 1.60 bits per heavy atom. The lowest BCUT2D eigenvalue weighted by Crippen LogP contribution is -2.50. The standard InChI is InChI=1S/C16H24N4/c1-2-4-14(3-1)19-9-11-20(12-10-19)16-8-7-15(17-18-16)13-5-6-13/h7-8,13-14H,1-6,9-12H2. The van der Waals surface area contributed by atoms with Gasteiger partial charge in [0.05, 0.1) is 5.69 Å². The van der Waals surface area contributed by atoms with E-state index in [1.54, 1.807) is 0 Å². The van der Waals surface area contributed by atoms with E-state index >= 15 is 0 Å². The summed E-state index contributed by atoms with van der Waals surface area (Å²) < 4.78 is 0. The van der Waals surface area contributed by atoms with Crippen molar-refractivity contribution in [3.63, 3.8) is 0 Å². The first kappa shape index (κ1) is 12.6. The van der Waals surface area contributed by atoms with Crippen LogP contribution in [0.4, 0.5) is 5.82 Å². The number of anilines is 1. The van der Waals surface area contributed by atoms with E-state index in [1.165, 1.54) is 57.3 Å². The summed E-state index contributed by atoms with van der Waals surface area (Å²) in [5.74, 6) is 1.77. The summed E-state index contributed by atoms with van der Waals surface area (Å²) in [4.78, 5) is 5.09. The minimum Gasteiger partial charge on any atom is -0.353 e. The molecule has 1 aromatic rings. The Bertz CT molecular complexity index is 440. The van der Waals surface area contributed by atoms with E-state index < -0.39 is 0 Å². The van der Waals surface area contributed by atoms with Crippen molar-refractivity contribution in [2.75, 3.05) is 31.1 Å². The smallest absolute Gasteiger partial charge is 0.151 e. The van der Waals surface area contributed by atoms with Crippen molar-refractivity contribution in [3.05, 3.63) is 17.8 Å². The lowest BCUT2D eigenvalue weighted by molar-refractivity contribution is 0.187. The number of hydrogen-bond donors (Lipinski definition) is 0. The number of aromatic nitrogens is 2. The monoisotopic (exact) mass is 272 g/mol. The van der Waals surface area contributed by atoms with Crippen molar-refractivity contribution in [2.24, 2.45) is 0 Å². The fourth-order valence-corrected chi connectivity index (χ4v) is 3.69. The third-order valence-corrected chi connectivity index (χ3v) is 5.15. The predicted molar refractivity (Wildman–Crippen MR) is 80.0 cm³/mol. The molecule has 0 unspecified atom stereocenters. The van der Waals surface area contributed by atoms with E-state index in [2.05, 4.69) is 32.1 Å². The van der Waals surface area contributed by atoms with Crippen LogP contribution in [0.25, 0.3) is 0 Å². The van der Waals surface area contributed by atoms with Crippen LogP contribution in [0.2, 0.25) is 0 Å². The van der Waals surface area contributed by atoms with Gasteiger partial charge in [0.1, 0.15) is 0 Å². The second-order valence-corrected chi connectivity index (χ2v) is 6.55. The maximum atomic E-state index is 4.44. The van der Waals surface area contributed by atoms with Gasteiger partial charge in [0, 0.05) is 38.1 Å². The molecule has 0 atom stereocenters. The van der Waals surface area contributed by atoms with Gasteiger partial charge in [-0.2, -0.15) is 5.10 Å². The fraction of sp³-hybridized carbons (Fsp3) is 0.750. The van der Waals surface area contributed by atoms with Gasteiger partial charge >= 0.3 is 0 Å². The van der Waals surface area contributed by atoms with Crippen LogP contribution in [0.5, 0.6) is 0 Å². The van der Waals surface area contributed by atoms with E-state index in [9.17, 15) is 0 Å². The van der Waals surface area contributed by atoms with Gasteiger partial charge in [-0.15, -0.1) is 5.10 Å². The molecule has 108 valence electrons. The molecule has 2 heterocycles. The number of hydrogen-bond acceptors (Lipinski definition) is 4. The van der Waals surface area contributed by atoms with Crippen LogP contribution < -0.4 is 4.90 Å². The van der Waals surface area contributed by atoms with Crippen molar-refractivity contribution in [1.29, 1.82) is 0 Å². The summed E-state index contributed by atoms with van der Waals surface area (Å²) in [5.41, 5.74) is 1.19. The lowest BCUT2D eigenvalue weighted by atomic mass is 10.2. The second-order valence-electron chi connectivity index (χ2n) is 6.55. The van der Waals surface area contributed by atoms with Gasteiger partial charge in [0.2, 0.25) is 0 Å². The van der Waals surface area contributed by atoms with E-state index in [0.29, 0.717) is 5.92 Å². The van der Waals surface area contributed by atoms with Gasteiger partial charge < -0.3 is 4.90 Å². The minimum atomic E-state index is 0.704. The summed E-state index contributed by atoms with van der Waals surface area (Å²) in [6.45, 7) is 4.59. The van der Waals surface area contributed by atoms with Crippen LogP contribution in [0, 0.1) is 0 Å². The van der Waals surface area contributed by atoms with Crippen LogP contribution in [0.3, 0.4) is 0 Å². The molecule has 3 aliphatic rings. The molecule has 4 heteroatoms. The third-order valence-electron chi connectivity index (χ3n) is 5.15. The molecule has 0 spiro atoms. The van der Waals surface area contributed by atoms with Crippen molar-refractivity contribution < 1.29 is 0 Å². The van der Waals surface area contributed by atoms with Crippen LogP contribution >= 0.6 is 0 Å². The maximum Gasteiger partial charge on any atom is 0.151 e. The molecular weight excluding hydrogens is 248 g/mol. The molecule has 1 saturated heterocycles. The van der Waals surface area contributed by atoms with Crippen LogP contribution in [0.15, 0.2) is 12.1 Å². The first-order chi connectivity index (χ1) is 9.90. The van der Waals surface area contributed by atoms with Crippen LogP contribution in [-0.2, 0) is 0 Å². The molecule has 1 aliphatic heterocycles. The van der Waals surface area contributed by atoms with Gasteiger partial charge in [0.25, 0.3) is 0 Å². The molecule has 2 aliphatic carbocycles. The van der Waals surface area contributed by atoms with Crippen molar-refractivity contribution in [2.45, 2.75) is 50.5 Å². The Hall–Kier alpha value is -1.16. The Balaban J connectivity index is 1.35. The number of rotatable bonds is 3. The molecule has 3 fully saturated rings. The molecule has 2 saturated carbocycles. The zero-order valence-corrected chi connectivity index (χ0v) is 12.2. The highest BCUT2D eigenvalue weighted by atomic mass is 15.3. The Kier molecular flexibility index (Phi) is 3.34. The molecule has 20 heavy (non-hydrogen) atoms. The first-order valence-electron chi connectivity index (χ1n) is 8.23. The molecule has 1 aromatic heterocycles. The van der Waals surface area contributed by atoms with Crippen LogP contribution in [0.1, 0.15) is 50.1 Å². The maximum absolute atomic E-state index is 4.44. The van der Waals surface area contributed by atoms with Gasteiger partial charge in [0.15, 0.2) is 5.82 Å². The van der Waals surface area contributed by atoms with E-state index in [-0.39, 0.29) is 0 Å². The molecule has 0 N–H and O–H groups in total. The molecule has 0 aromatic carbocycles. The Labute approximate surface area is 121 Å². The number of nitrogens with zero attached hydrogens (tertiary/aromatic N) is 4. The van der Waals surface area contributed by atoms with E-state index in [0.717, 1.165) is 24.9 Å². The molecule has 4 nitrogen and oxygen atoms in total. The summed E-state index contributed by atoms with van der Waals surface area (Å²) >= 11 is 0. The molecule has 0 radical (unpaired) electrons. The second kappa shape index (κ2) is 5.32. The summed E-state index contributed by atoms with van der Waals surface area (Å²) in [5, 5.41) is 8.85. The summed E-state index contributed by atoms with van der Waals surface area (Å²) in [6.07, 6.45) is 8.28. The van der Waals surface area contributed by atoms with Gasteiger partial charge in [-0.25, -0.2) is 0 Å². The highest BCUT2D eigenvalue weighted by molar-refractivity contribution is 5.38. The minimum absolute atomic E-state index is 0.704. The Morgan fingerprint density at radius 3 is 2.20 bits per heavy atom. The van der Waals surface area contributed by atoms with Gasteiger partial charge in [-0.05, 0) is 37.8 Å². The zero-order valence-electron chi connectivity index (χ0n) is 12.2. The molecular formula is C16H24N4. The van der Waals surface area contributed by atoms with E-state index in [4.69, 9.17) is 0 Å². The van der Waals surface area contributed by atoms with Crippen molar-refractivity contribution in [3.8, 4) is 0 Å². The molecule has 0 bridgehead atoms. The average molecular weight is 272 g/mol.